The van der Waals surface area contributed by atoms with Crippen molar-refractivity contribution in [3.63, 3.8) is 0 Å². The Morgan fingerprint density at radius 1 is 1.00 bits per heavy atom. The lowest BCUT2D eigenvalue weighted by atomic mass is 9.78. The van der Waals surface area contributed by atoms with Crippen LogP contribution in [0.25, 0.3) is 0 Å². The van der Waals surface area contributed by atoms with Crippen molar-refractivity contribution in [3.05, 3.63) is 34.4 Å². The zero-order chi connectivity index (χ0) is 13.3. The van der Waals surface area contributed by atoms with E-state index in [4.69, 9.17) is 0 Å². The lowest BCUT2D eigenvalue weighted by molar-refractivity contribution is 0.347. The van der Waals surface area contributed by atoms with Crippen molar-refractivity contribution in [2.45, 2.75) is 72.1 Å². The molecule has 0 nitrogen and oxygen atoms in total. The van der Waals surface area contributed by atoms with Gasteiger partial charge in [-0.3, -0.25) is 0 Å². The molecule has 1 saturated carbocycles. The van der Waals surface area contributed by atoms with Gasteiger partial charge >= 0.3 is 0 Å². The SMILES string of the molecule is Cc1cc(C2CCC(C)CC2)cc(C(C)C)c1C. The van der Waals surface area contributed by atoms with Crippen molar-refractivity contribution in [1.29, 1.82) is 0 Å². The molecule has 1 aromatic rings. The number of hydrogen-bond donors (Lipinski definition) is 0. The van der Waals surface area contributed by atoms with Crippen LogP contribution in [0.4, 0.5) is 0 Å². The first-order valence-electron chi connectivity index (χ1n) is 7.60. The summed E-state index contributed by atoms with van der Waals surface area (Å²) < 4.78 is 0. The first-order valence-corrected chi connectivity index (χ1v) is 7.60. The summed E-state index contributed by atoms with van der Waals surface area (Å²) in [5.41, 5.74) is 6.14. The minimum absolute atomic E-state index is 0.645. The highest BCUT2D eigenvalue weighted by atomic mass is 14.3. The van der Waals surface area contributed by atoms with Gasteiger partial charge in [0.25, 0.3) is 0 Å². The molecule has 0 saturated heterocycles. The van der Waals surface area contributed by atoms with Crippen LogP contribution in [0.5, 0.6) is 0 Å². The largest absolute Gasteiger partial charge is 0.0625 e. The van der Waals surface area contributed by atoms with Gasteiger partial charge in [-0.15, -0.1) is 0 Å². The van der Waals surface area contributed by atoms with E-state index in [9.17, 15) is 0 Å². The Labute approximate surface area is 113 Å². The molecule has 0 atom stereocenters. The fourth-order valence-electron chi connectivity index (χ4n) is 3.34. The fraction of sp³-hybridized carbons (Fsp3) is 0.667. The Balaban J connectivity index is 2.28. The highest BCUT2D eigenvalue weighted by Gasteiger charge is 2.21. The number of hydrogen-bond acceptors (Lipinski definition) is 0. The minimum Gasteiger partial charge on any atom is -0.0625 e. The van der Waals surface area contributed by atoms with Gasteiger partial charge < -0.3 is 0 Å². The predicted molar refractivity (Wildman–Crippen MR) is 80.4 cm³/mol. The molecule has 1 aromatic carbocycles. The van der Waals surface area contributed by atoms with E-state index in [0.29, 0.717) is 5.92 Å². The normalized spacial score (nSPS) is 24.6. The van der Waals surface area contributed by atoms with E-state index in [1.165, 1.54) is 36.8 Å². The Kier molecular flexibility index (Phi) is 4.14. The predicted octanol–water partition coefficient (Wildman–Crippen LogP) is 5.72. The molecule has 1 fully saturated rings. The molecule has 100 valence electrons. The minimum atomic E-state index is 0.645. The van der Waals surface area contributed by atoms with Gasteiger partial charge in [-0.1, -0.05) is 45.7 Å². The molecule has 0 heteroatoms. The van der Waals surface area contributed by atoms with Gasteiger partial charge in [-0.05, 0) is 66.7 Å². The summed E-state index contributed by atoms with van der Waals surface area (Å²) in [6.07, 6.45) is 5.60. The molecule has 1 aliphatic rings. The highest BCUT2D eigenvalue weighted by molar-refractivity contribution is 5.40. The third kappa shape index (κ3) is 2.79. The average Bonchev–Trinajstić information content (AvgIpc) is 2.33. The summed E-state index contributed by atoms with van der Waals surface area (Å²) in [6.45, 7) is 11.6. The third-order valence-corrected chi connectivity index (χ3v) is 4.84. The fourth-order valence-corrected chi connectivity index (χ4v) is 3.34. The molecular weight excluding hydrogens is 216 g/mol. The molecule has 0 aromatic heterocycles. The Morgan fingerprint density at radius 2 is 1.61 bits per heavy atom. The lowest BCUT2D eigenvalue weighted by Crippen LogP contribution is -2.12. The molecule has 0 spiro atoms. The monoisotopic (exact) mass is 244 g/mol. The van der Waals surface area contributed by atoms with Crippen LogP contribution in [0.2, 0.25) is 0 Å². The summed E-state index contributed by atoms with van der Waals surface area (Å²) >= 11 is 0. The number of rotatable bonds is 2. The first-order chi connectivity index (χ1) is 8.49. The summed E-state index contributed by atoms with van der Waals surface area (Å²) in [7, 11) is 0. The molecule has 0 bridgehead atoms. The van der Waals surface area contributed by atoms with E-state index >= 15 is 0 Å². The second kappa shape index (κ2) is 5.47. The molecular formula is C18H28. The van der Waals surface area contributed by atoms with E-state index in [-0.39, 0.29) is 0 Å². The molecule has 2 rings (SSSR count). The van der Waals surface area contributed by atoms with E-state index < -0.39 is 0 Å². The van der Waals surface area contributed by atoms with Crippen LogP contribution in [0, 0.1) is 19.8 Å². The summed E-state index contributed by atoms with van der Waals surface area (Å²) in [4.78, 5) is 0. The van der Waals surface area contributed by atoms with Gasteiger partial charge in [-0.2, -0.15) is 0 Å². The van der Waals surface area contributed by atoms with Crippen LogP contribution in [0.1, 0.15) is 80.5 Å². The molecule has 0 aliphatic heterocycles. The maximum Gasteiger partial charge on any atom is -0.0162 e. The Hall–Kier alpha value is -0.780. The molecule has 1 aliphatic carbocycles. The average molecular weight is 244 g/mol. The Morgan fingerprint density at radius 3 is 2.17 bits per heavy atom. The van der Waals surface area contributed by atoms with E-state index in [1.807, 2.05) is 0 Å². The van der Waals surface area contributed by atoms with E-state index in [2.05, 4.69) is 46.8 Å². The molecule has 0 unspecified atom stereocenters. The van der Waals surface area contributed by atoms with Gasteiger partial charge in [0.1, 0.15) is 0 Å². The molecule has 0 radical (unpaired) electrons. The van der Waals surface area contributed by atoms with E-state index in [1.54, 1.807) is 11.1 Å². The van der Waals surface area contributed by atoms with Crippen molar-refractivity contribution in [1.82, 2.24) is 0 Å². The van der Waals surface area contributed by atoms with Crippen molar-refractivity contribution >= 4 is 0 Å². The van der Waals surface area contributed by atoms with Crippen molar-refractivity contribution in [2.75, 3.05) is 0 Å². The van der Waals surface area contributed by atoms with E-state index in [0.717, 1.165) is 11.8 Å². The lowest BCUT2D eigenvalue weighted by Gasteiger charge is -2.28. The number of aryl methyl sites for hydroxylation is 1. The smallest absolute Gasteiger partial charge is 0.0162 e. The first kappa shape index (κ1) is 13.6. The molecule has 18 heavy (non-hydrogen) atoms. The second-order valence-corrected chi connectivity index (χ2v) is 6.66. The number of benzene rings is 1. The molecule has 0 N–H and O–H groups in total. The maximum absolute atomic E-state index is 2.49. The summed E-state index contributed by atoms with van der Waals surface area (Å²) in [6, 6.07) is 4.94. The zero-order valence-corrected chi connectivity index (χ0v) is 12.7. The van der Waals surface area contributed by atoms with Crippen LogP contribution in [0.15, 0.2) is 12.1 Å². The van der Waals surface area contributed by atoms with Crippen LogP contribution in [-0.2, 0) is 0 Å². The van der Waals surface area contributed by atoms with Crippen molar-refractivity contribution in [2.24, 2.45) is 5.92 Å². The molecule has 0 amide bonds. The van der Waals surface area contributed by atoms with Gasteiger partial charge in [0.2, 0.25) is 0 Å². The highest BCUT2D eigenvalue weighted by Crippen LogP contribution is 2.37. The standard InChI is InChI=1S/C18H28/c1-12(2)18-11-17(10-14(4)15(18)5)16-8-6-13(3)7-9-16/h10-13,16H,6-9H2,1-5H3. The quantitative estimate of drug-likeness (QED) is 0.624. The topological polar surface area (TPSA) is 0 Å². The van der Waals surface area contributed by atoms with Gasteiger partial charge in [-0.25, -0.2) is 0 Å². The van der Waals surface area contributed by atoms with Gasteiger partial charge in [0.15, 0.2) is 0 Å². The summed E-state index contributed by atoms with van der Waals surface area (Å²) in [5, 5.41) is 0. The van der Waals surface area contributed by atoms with Crippen LogP contribution >= 0.6 is 0 Å². The van der Waals surface area contributed by atoms with Crippen LogP contribution < -0.4 is 0 Å². The summed E-state index contributed by atoms with van der Waals surface area (Å²) in [5.74, 6) is 2.40. The van der Waals surface area contributed by atoms with Crippen LogP contribution in [0.3, 0.4) is 0 Å². The second-order valence-electron chi connectivity index (χ2n) is 6.66. The third-order valence-electron chi connectivity index (χ3n) is 4.84. The maximum atomic E-state index is 2.49. The van der Waals surface area contributed by atoms with Crippen molar-refractivity contribution < 1.29 is 0 Å². The molecule has 0 heterocycles. The van der Waals surface area contributed by atoms with Crippen molar-refractivity contribution in [3.8, 4) is 0 Å². The zero-order valence-electron chi connectivity index (χ0n) is 12.7. The van der Waals surface area contributed by atoms with Gasteiger partial charge in [0, 0.05) is 0 Å². The van der Waals surface area contributed by atoms with Crippen LogP contribution in [-0.4, -0.2) is 0 Å². The Bertz CT molecular complexity index is 406. The van der Waals surface area contributed by atoms with Gasteiger partial charge in [0.05, 0.1) is 0 Å².